The molecule has 2 aromatic rings. The largest absolute Gasteiger partial charge is 0.349 e. The van der Waals surface area contributed by atoms with Gasteiger partial charge >= 0.3 is 0 Å². The number of hydrogen-bond donors (Lipinski definition) is 2. The molecule has 3 rings (SSSR count). The fourth-order valence-corrected chi connectivity index (χ4v) is 2.95. The van der Waals surface area contributed by atoms with Crippen molar-refractivity contribution in [1.29, 1.82) is 0 Å². The van der Waals surface area contributed by atoms with Crippen molar-refractivity contribution >= 4 is 18.3 Å². The van der Waals surface area contributed by atoms with Crippen molar-refractivity contribution < 1.29 is 4.79 Å². The van der Waals surface area contributed by atoms with Gasteiger partial charge in [-0.05, 0) is 55.6 Å². The summed E-state index contributed by atoms with van der Waals surface area (Å²) in [7, 11) is 0. The van der Waals surface area contributed by atoms with Crippen molar-refractivity contribution in [3.8, 4) is 5.69 Å². The highest BCUT2D eigenvalue weighted by Gasteiger charge is 2.27. The minimum atomic E-state index is -0.0210. The highest BCUT2D eigenvalue weighted by atomic mass is 35.5. The minimum Gasteiger partial charge on any atom is -0.349 e. The van der Waals surface area contributed by atoms with Crippen LogP contribution in [-0.2, 0) is 0 Å². The van der Waals surface area contributed by atoms with E-state index in [4.69, 9.17) is 5.73 Å². The molecule has 2 atom stereocenters. The van der Waals surface area contributed by atoms with E-state index in [1.807, 2.05) is 36.5 Å². The van der Waals surface area contributed by atoms with Gasteiger partial charge in [0, 0.05) is 24.0 Å². The van der Waals surface area contributed by atoms with Gasteiger partial charge in [0.15, 0.2) is 0 Å². The molecule has 1 amide bonds. The Morgan fingerprint density at radius 1 is 1.32 bits per heavy atom. The molecule has 118 valence electrons. The first kappa shape index (κ1) is 16.5. The number of halogens is 1. The molecule has 1 fully saturated rings. The van der Waals surface area contributed by atoms with Crippen LogP contribution >= 0.6 is 12.4 Å². The van der Waals surface area contributed by atoms with Gasteiger partial charge in [0.25, 0.3) is 5.91 Å². The molecule has 5 nitrogen and oxygen atoms in total. The lowest BCUT2D eigenvalue weighted by molar-refractivity contribution is 0.0929. The van der Waals surface area contributed by atoms with E-state index >= 15 is 0 Å². The Labute approximate surface area is 136 Å². The maximum atomic E-state index is 12.3. The van der Waals surface area contributed by atoms with Crippen molar-refractivity contribution in [3.63, 3.8) is 0 Å². The standard InChI is InChI=1S/C16H20N4O.ClH/c17-11-13-3-1-4-15(13)19-16(21)12-5-7-14(8-6-12)20-10-2-9-18-20;/h2,5-10,13,15H,1,3-4,11,17H2,(H,19,21);1H. The summed E-state index contributed by atoms with van der Waals surface area (Å²) < 4.78 is 1.77. The van der Waals surface area contributed by atoms with Crippen LogP contribution in [0.15, 0.2) is 42.7 Å². The monoisotopic (exact) mass is 320 g/mol. The molecule has 0 radical (unpaired) electrons. The molecule has 1 heterocycles. The zero-order valence-electron chi connectivity index (χ0n) is 12.3. The second-order valence-corrected chi connectivity index (χ2v) is 5.50. The summed E-state index contributed by atoms with van der Waals surface area (Å²) in [6.07, 6.45) is 6.89. The van der Waals surface area contributed by atoms with Crippen LogP contribution in [-0.4, -0.2) is 28.3 Å². The van der Waals surface area contributed by atoms with E-state index in [1.54, 1.807) is 10.9 Å². The Morgan fingerprint density at radius 3 is 2.73 bits per heavy atom. The van der Waals surface area contributed by atoms with Gasteiger partial charge in [0.1, 0.15) is 0 Å². The minimum absolute atomic E-state index is 0. The lowest BCUT2D eigenvalue weighted by Gasteiger charge is -2.19. The van der Waals surface area contributed by atoms with Crippen LogP contribution in [0, 0.1) is 5.92 Å². The summed E-state index contributed by atoms with van der Waals surface area (Å²) in [6.45, 7) is 0.642. The van der Waals surface area contributed by atoms with Gasteiger partial charge in [-0.2, -0.15) is 5.10 Å². The first-order valence-corrected chi connectivity index (χ1v) is 7.39. The average Bonchev–Trinajstić information content (AvgIpc) is 3.18. The van der Waals surface area contributed by atoms with Crippen molar-refractivity contribution in [2.45, 2.75) is 25.3 Å². The first-order valence-electron chi connectivity index (χ1n) is 7.39. The zero-order chi connectivity index (χ0) is 14.7. The molecule has 22 heavy (non-hydrogen) atoms. The number of nitrogens with two attached hydrogens (primary N) is 1. The van der Waals surface area contributed by atoms with Crippen molar-refractivity contribution in [1.82, 2.24) is 15.1 Å². The highest BCUT2D eigenvalue weighted by molar-refractivity contribution is 5.94. The Morgan fingerprint density at radius 2 is 2.09 bits per heavy atom. The predicted octanol–water partition coefficient (Wildman–Crippen LogP) is 2.15. The molecule has 1 aromatic carbocycles. The van der Waals surface area contributed by atoms with Crippen LogP contribution in [0.25, 0.3) is 5.69 Å². The molecule has 1 aliphatic carbocycles. The Hall–Kier alpha value is -1.85. The topological polar surface area (TPSA) is 72.9 Å². The van der Waals surface area contributed by atoms with E-state index in [0.29, 0.717) is 18.0 Å². The van der Waals surface area contributed by atoms with Crippen molar-refractivity contribution in [2.24, 2.45) is 11.7 Å². The van der Waals surface area contributed by atoms with Gasteiger partial charge in [-0.15, -0.1) is 12.4 Å². The molecule has 2 unspecified atom stereocenters. The van der Waals surface area contributed by atoms with Gasteiger partial charge in [-0.3, -0.25) is 4.79 Å². The molecule has 3 N–H and O–H groups in total. The Balaban J connectivity index is 0.00000176. The molecule has 0 bridgehead atoms. The average molecular weight is 321 g/mol. The SMILES string of the molecule is Cl.NCC1CCCC1NC(=O)c1ccc(-n2cccn2)cc1. The summed E-state index contributed by atoms with van der Waals surface area (Å²) >= 11 is 0. The number of hydrogen-bond acceptors (Lipinski definition) is 3. The third-order valence-corrected chi connectivity index (χ3v) is 4.18. The van der Waals surface area contributed by atoms with E-state index in [2.05, 4.69) is 10.4 Å². The molecule has 1 aromatic heterocycles. The van der Waals surface area contributed by atoms with Crippen LogP contribution in [0.5, 0.6) is 0 Å². The number of nitrogens with one attached hydrogen (secondary N) is 1. The zero-order valence-corrected chi connectivity index (χ0v) is 13.1. The van der Waals surface area contributed by atoms with Gasteiger partial charge in [0.05, 0.1) is 5.69 Å². The van der Waals surface area contributed by atoms with Crippen LogP contribution < -0.4 is 11.1 Å². The molecule has 0 spiro atoms. The van der Waals surface area contributed by atoms with Crippen LogP contribution in [0.3, 0.4) is 0 Å². The Kier molecular flexibility index (Phi) is 5.57. The third kappa shape index (κ3) is 3.48. The van der Waals surface area contributed by atoms with Crippen LogP contribution in [0.4, 0.5) is 0 Å². The molecule has 1 aliphatic rings. The summed E-state index contributed by atoms with van der Waals surface area (Å²) in [5.41, 5.74) is 7.37. The van der Waals surface area contributed by atoms with E-state index in [0.717, 1.165) is 24.9 Å². The lowest BCUT2D eigenvalue weighted by Crippen LogP contribution is -2.39. The third-order valence-electron chi connectivity index (χ3n) is 4.18. The molecule has 6 heteroatoms. The molecule has 1 saturated carbocycles. The number of rotatable bonds is 4. The summed E-state index contributed by atoms with van der Waals surface area (Å²) in [4.78, 5) is 12.3. The van der Waals surface area contributed by atoms with Crippen molar-refractivity contribution in [3.05, 3.63) is 48.3 Å². The maximum Gasteiger partial charge on any atom is 0.251 e. The van der Waals surface area contributed by atoms with Gasteiger partial charge < -0.3 is 11.1 Å². The number of aromatic nitrogens is 2. The number of benzene rings is 1. The molecular formula is C16H21ClN4O. The highest BCUT2D eigenvalue weighted by Crippen LogP contribution is 2.24. The lowest BCUT2D eigenvalue weighted by atomic mass is 10.0. The van der Waals surface area contributed by atoms with Gasteiger partial charge in [-0.1, -0.05) is 6.42 Å². The second kappa shape index (κ2) is 7.42. The fraction of sp³-hybridized carbons (Fsp3) is 0.375. The van der Waals surface area contributed by atoms with Gasteiger partial charge in [-0.25, -0.2) is 4.68 Å². The van der Waals surface area contributed by atoms with Gasteiger partial charge in [0.2, 0.25) is 0 Å². The predicted molar refractivity (Wildman–Crippen MR) is 88.5 cm³/mol. The number of carbonyl (C=O) groups excluding carboxylic acids is 1. The second-order valence-electron chi connectivity index (χ2n) is 5.50. The molecule has 0 saturated heterocycles. The fourth-order valence-electron chi connectivity index (χ4n) is 2.95. The normalized spacial score (nSPS) is 20.4. The van der Waals surface area contributed by atoms with E-state index in [1.165, 1.54) is 0 Å². The summed E-state index contributed by atoms with van der Waals surface area (Å²) in [5, 5.41) is 7.28. The quantitative estimate of drug-likeness (QED) is 0.906. The number of nitrogens with zero attached hydrogens (tertiary/aromatic N) is 2. The first-order chi connectivity index (χ1) is 10.3. The van der Waals surface area contributed by atoms with Crippen LogP contribution in [0.1, 0.15) is 29.6 Å². The Bertz CT molecular complexity index is 597. The maximum absolute atomic E-state index is 12.3. The number of carbonyl (C=O) groups is 1. The smallest absolute Gasteiger partial charge is 0.251 e. The summed E-state index contributed by atoms with van der Waals surface area (Å²) in [5.74, 6) is 0.393. The van der Waals surface area contributed by atoms with E-state index in [-0.39, 0.29) is 24.4 Å². The summed E-state index contributed by atoms with van der Waals surface area (Å²) in [6, 6.07) is 9.55. The van der Waals surface area contributed by atoms with Crippen molar-refractivity contribution in [2.75, 3.05) is 6.54 Å². The molecule has 0 aliphatic heterocycles. The van der Waals surface area contributed by atoms with E-state index < -0.39 is 0 Å². The van der Waals surface area contributed by atoms with E-state index in [9.17, 15) is 4.79 Å². The molecular weight excluding hydrogens is 300 g/mol. The van der Waals surface area contributed by atoms with Crippen LogP contribution in [0.2, 0.25) is 0 Å². The number of amides is 1.